The topological polar surface area (TPSA) is 151 Å². The molecule has 12 heterocycles. The molecule has 0 spiro atoms. The minimum atomic E-state index is 0. The van der Waals surface area contributed by atoms with Crippen LogP contribution in [0.15, 0.2) is 408 Å². The molecule has 0 atom stereocenters. The van der Waals surface area contributed by atoms with Crippen LogP contribution in [0, 0.1) is 36.4 Å². The predicted molar refractivity (Wildman–Crippen MR) is 508 cm³/mol. The van der Waals surface area contributed by atoms with Gasteiger partial charge < -0.3 is 36.9 Å². The van der Waals surface area contributed by atoms with Crippen LogP contribution in [-0.2, 0) is 63.2 Å². The molecule has 0 aliphatic rings. The number of hydrogen-bond donors (Lipinski definition) is 0. The van der Waals surface area contributed by atoms with Crippen molar-refractivity contribution in [2.75, 3.05) is 0 Å². The van der Waals surface area contributed by atoms with E-state index < -0.39 is 0 Å². The standard InChI is InChI=1S/2C38H22N4O.C36H21N5O.3Pt/c1-4-16-33-30(14-1)31-20-19-25(32-15-7-8-21-39-32)23-36(31)41(33)27-11-9-10-26(22-27)38-40-24-37(43-38)42-34-17-5-2-12-28(34)29-13-3-6-18-35(29)42;1-4-16-33-30(14-1)31-20-19-26(23-36(31)41(33)27-11-9-10-25(22-27)32-15-7-8-21-39-32)38-40-24-37(43-38)42-34-17-5-2-12-28(34)29-13-3-6-18-35(29)42;1-4-14-31-29(13-1)30-18-17-25(39-20-8-19-38-39)22-34(30)40(31)26-10-7-9-24(21-26)36-37-23-35(42-36)41-32-15-5-2-11-27(32)28-12-3-6-16-33(28)41;;;/h2*1-21,24H;1-20,23H;;;/q3*-2;3*+2. The normalized spacial score (nSPS) is 11.5. The summed E-state index contributed by atoms with van der Waals surface area (Å²) in [6.07, 6.45) is 12.7. The molecule has 12 aromatic heterocycles. The van der Waals surface area contributed by atoms with Gasteiger partial charge in [0, 0.05) is 73.7 Å². The maximum atomic E-state index is 6.47. The molecule has 16 nitrogen and oxygen atoms in total. The summed E-state index contributed by atoms with van der Waals surface area (Å²) < 4.78 is 34.2. The minimum absolute atomic E-state index is 0. The van der Waals surface area contributed by atoms with Crippen LogP contribution in [0.4, 0.5) is 0 Å². The number of nitrogens with zero attached hydrogens (tertiary/aromatic N) is 13. The van der Waals surface area contributed by atoms with Gasteiger partial charge in [-0.2, -0.15) is 11.2 Å². The number of para-hydroxylation sites is 9. The van der Waals surface area contributed by atoms with Gasteiger partial charge in [-0.3, -0.25) is 33.3 Å². The molecule has 626 valence electrons. The van der Waals surface area contributed by atoms with Crippen molar-refractivity contribution in [3.63, 3.8) is 0 Å². The van der Waals surface area contributed by atoms with Crippen LogP contribution >= 0.6 is 0 Å². The van der Waals surface area contributed by atoms with Gasteiger partial charge in [-0.25, -0.2) is 0 Å². The Morgan fingerprint density at radius 3 is 0.824 bits per heavy atom. The Morgan fingerprint density at radius 2 is 0.481 bits per heavy atom. The molecule has 15 aromatic carbocycles. The Labute approximate surface area is 791 Å². The van der Waals surface area contributed by atoms with Gasteiger partial charge >= 0.3 is 63.2 Å². The van der Waals surface area contributed by atoms with Crippen molar-refractivity contribution in [2.24, 2.45) is 0 Å². The van der Waals surface area contributed by atoms with E-state index in [4.69, 9.17) is 28.2 Å². The number of aromatic nitrogens is 13. The third kappa shape index (κ3) is 13.9. The van der Waals surface area contributed by atoms with Crippen LogP contribution in [0.5, 0.6) is 0 Å². The third-order valence-electron chi connectivity index (χ3n) is 24.0. The van der Waals surface area contributed by atoms with Gasteiger partial charge in [0.2, 0.25) is 17.7 Å². The molecule has 0 fully saturated rings. The van der Waals surface area contributed by atoms with Crippen molar-refractivity contribution in [3.8, 4) is 97.3 Å². The average molecular weight is 2230 g/mol. The van der Waals surface area contributed by atoms with Gasteiger partial charge in [0.15, 0.2) is 0 Å². The summed E-state index contributed by atoms with van der Waals surface area (Å²) in [5.41, 5.74) is 22.1. The molecule has 0 saturated carbocycles. The zero-order valence-electron chi connectivity index (χ0n) is 69.0. The summed E-state index contributed by atoms with van der Waals surface area (Å²) in [6.45, 7) is 0. The average Bonchev–Trinajstić information content (AvgIpc) is 1.58. The Bertz CT molecular complexity index is 8860. The van der Waals surface area contributed by atoms with Gasteiger partial charge in [0.25, 0.3) is 0 Å². The monoisotopic (exact) mass is 2220 g/mol. The number of benzene rings is 15. The van der Waals surface area contributed by atoms with Crippen LogP contribution < -0.4 is 0 Å². The molecule has 0 unspecified atom stereocenters. The van der Waals surface area contributed by atoms with Crippen molar-refractivity contribution in [1.29, 1.82) is 0 Å². The maximum Gasteiger partial charge on any atom is 2.00 e. The summed E-state index contributed by atoms with van der Waals surface area (Å²) in [7, 11) is 0. The maximum absolute atomic E-state index is 6.47. The smallest absolute Gasteiger partial charge is 0.467 e. The molecule has 0 aliphatic heterocycles. The molecule has 0 N–H and O–H groups in total. The van der Waals surface area contributed by atoms with E-state index >= 15 is 0 Å². The first-order chi connectivity index (χ1) is 63.5. The number of fused-ring (bicyclic) bond motifs is 18. The molecular weight excluding hydrogens is 2160 g/mol. The Morgan fingerprint density at radius 1 is 0.198 bits per heavy atom. The third-order valence-corrected chi connectivity index (χ3v) is 24.0. The molecule has 19 heteroatoms. The van der Waals surface area contributed by atoms with Gasteiger partial charge in [-0.05, 0) is 134 Å². The van der Waals surface area contributed by atoms with Crippen molar-refractivity contribution in [2.45, 2.75) is 0 Å². The molecule has 0 saturated heterocycles. The van der Waals surface area contributed by atoms with Crippen molar-refractivity contribution < 1.29 is 76.4 Å². The summed E-state index contributed by atoms with van der Waals surface area (Å²) >= 11 is 0. The van der Waals surface area contributed by atoms with Crippen LogP contribution in [0.3, 0.4) is 0 Å². The van der Waals surface area contributed by atoms with Crippen molar-refractivity contribution >= 4 is 131 Å². The quantitative estimate of drug-likeness (QED) is 0.109. The van der Waals surface area contributed by atoms with Crippen LogP contribution in [0.2, 0.25) is 0 Å². The second-order valence-electron chi connectivity index (χ2n) is 31.3. The molecule has 27 rings (SSSR count). The first kappa shape index (κ1) is 81.1. The summed E-state index contributed by atoms with van der Waals surface area (Å²) in [4.78, 5) is 23.2. The number of hydrogen-bond acceptors (Lipinski definition) is 9. The fraction of sp³-hybridized carbons (Fsp3) is 0. The molecule has 27 aromatic rings. The van der Waals surface area contributed by atoms with Gasteiger partial charge in [0.1, 0.15) is 17.7 Å². The van der Waals surface area contributed by atoms with E-state index in [0.717, 1.165) is 160 Å². The van der Waals surface area contributed by atoms with E-state index in [1.54, 1.807) is 31.0 Å². The van der Waals surface area contributed by atoms with E-state index in [1.165, 1.54) is 32.3 Å². The fourth-order valence-electron chi connectivity index (χ4n) is 18.4. The summed E-state index contributed by atoms with van der Waals surface area (Å²) in [5.74, 6) is 3.53. The Hall–Kier alpha value is -15.7. The molecule has 0 amide bonds. The van der Waals surface area contributed by atoms with Crippen LogP contribution in [0.1, 0.15) is 0 Å². The molecule has 0 bridgehead atoms. The van der Waals surface area contributed by atoms with E-state index in [9.17, 15) is 0 Å². The first-order valence-corrected chi connectivity index (χ1v) is 42.1. The zero-order valence-corrected chi connectivity index (χ0v) is 75.8. The van der Waals surface area contributed by atoms with Gasteiger partial charge in [-0.15, -0.1) is 138 Å². The Kier molecular flexibility index (Phi) is 20.9. The van der Waals surface area contributed by atoms with Gasteiger partial charge in [-0.1, -0.05) is 221 Å². The van der Waals surface area contributed by atoms with Gasteiger partial charge in [0.05, 0.1) is 51.7 Å². The second-order valence-corrected chi connectivity index (χ2v) is 31.3. The molecule has 0 radical (unpaired) electrons. The van der Waals surface area contributed by atoms with E-state index in [0.29, 0.717) is 35.3 Å². The number of oxazole rings is 3. The predicted octanol–water partition coefficient (Wildman–Crippen LogP) is 26.7. The van der Waals surface area contributed by atoms with E-state index in [-0.39, 0.29) is 63.2 Å². The van der Waals surface area contributed by atoms with Crippen molar-refractivity contribution in [1.82, 2.24) is 62.1 Å². The second kappa shape index (κ2) is 33.8. The number of pyridine rings is 2. The largest absolute Gasteiger partial charge is 2.00 e. The molecular formula is C112H65N13O3Pt3. The van der Waals surface area contributed by atoms with Crippen LogP contribution in [0.25, 0.3) is 228 Å². The summed E-state index contributed by atoms with van der Waals surface area (Å²) in [6, 6.07) is 142. The zero-order chi connectivity index (χ0) is 84.3. The fourth-order valence-corrected chi connectivity index (χ4v) is 18.4. The molecule has 131 heavy (non-hydrogen) atoms. The summed E-state index contributed by atoms with van der Waals surface area (Å²) in [5, 5.41) is 18.3. The van der Waals surface area contributed by atoms with E-state index in [1.807, 2.05) is 126 Å². The molecule has 0 aliphatic carbocycles. The van der Waals surface area contributed by atoms with Crippen molar-refractivity contribution in [3.05, 3.63) is 432 Å². The number of rotatable bonds is 12. The Balaban J connectivity index is 0.000000114. The SMILES string of the molecule is [Pt+2].[Pt+2].[Pt+2].[c-]1c(-c2ccccn2)cccc1-n1c2[c-]c(-c3ncc(-n4c5ccccc5c5ccccc54)o3)ccc2c2ccccc21.[c-]1c(-c2ncc(-n3c4ccccc4c4ccccc43)o2)cccc1-n1c2[c-]c(-c3ccccn3)ccc2c2ccccc21.[c-]1c(-c2ncc(-n3c4ccccc4c4ccccc43)o2)cccc1-n1c2[c-]c(-n3cccn3)ccc2c2ccccc21. The first-order valence-electron chi connectivity index (χ1n) is 42.1. The van der Waals surface area contributed by atoms with E-state index in [2.05, 4.69) is 322 Å². The van der Waals surface area contributed by atoms with Crippen LogP contribution in [-0.4, -0.2) is 62.1 Å². The minimum Gasteiger partial charge on any atom is -0.467 e.